The van der Waals surface area contributed by atoms with Crippen molar-refractivity contribution in [2.24, 2.45) is 0 Å². The Hall–Kier alpha value is -1.26. The third-order valence-electron chi connectivity index (χ3n) is 2.15. The Bertz CT molecular complexity index is 378. The zero-order valence-corrected chi connectivity index (χ0v) is 9.82. The van der Waals surface area contributed by atoms with Gasteiger partial charge in [0.2, 0.25) is 0 Å². The monoisotopic (exact) mass is 244 g/mol. The van der Waals surface area contributed by atoms with Crippen LogP contribution in [0, 0.1) is 0 Å². The molecule has 0 aliphatic carbocycles. The highest BCUT2D eigenvalue weighted by molar-refractivity contribution is 6.32. The standard InChI is InChI=1S/C11H13ClO4/c1-15-9-5-3-4-7(10(9)12)6-8(13)11(14)16-2/h3-5,8,13H,6H2,1-2H3. The van der Waals surface area contributed by atoms with Crippen LogP contribution in [0.15, 0.2) is 18.2 Å². The molecule has 5 heteroatoms. The predicted molar refractivity (Wildman–Crippen MR) is 59.7 cm³/mol. The number of esters is 1. The molecule has 1 rings (SSSR count). The zero-order valence-electron chi connectivity index (χ0n) is 9.07. The maximum absolute atomic E-state index is 11.0. The van der Waals surface area contributed by atoms with Gasteiger partial charge in [0.05, 0.1) is 19.2 Å². The third kappa shape index (κ3) is 2.87. The van der Waals surface area contributed by atoms with Gasteiger partial charge in [-0.25, -0.2) is 4.79 Å². The number of aliphatic hydroxyl groups is 1. The average molecular weight is 245 g/mol. The summed E-state index contributed by atoms with van der Waals surface area (Å²) in [5.41, 5.74) is 0.638. The quantitative estimate of drug-likeness (QED) is 0.814. The average Bonchev–Trinajstić information content (AvgIpc) is 2.30. The van der Waals surface area contributed by atoms with Gasteiger partial charge in [0.25, 0.3) is 0 Å². The highest BCUT2D eigenvalue weighted by atomic mass is 35.5. The Morgan fingerprint density at radius 2 is 2.19 bits per heavy atom. The molecule has 0 heterocycles. The number of aliphatic hydroxyl groups excluding tert-OH is 1. The van der Waals surface area contributed by atoms with Crippen LogP contribution < -0.4 is 4.74 Å². The van der Waals surface area contributed by atoms with Crippen molar-refractivity contribution in [3.8, 4) is 5.75 Å². The molecule has 16 heavy (non-hydrogen) atoms. The second-order valence-electron chi connectivity index (χ2n) is 3.18. The van der Waals surface area contributed by atoms with Crippen molar-refractivity contribution in [3.63, 3.8) is 0 Å². The van der Waals surface area contributed by atoms with Crippen LogP contribution in [0.5, 0.6) is 5.75 Å². The van der Waals surface area contributed by atoms with Gasteiger partial charge in [0, 0.05) is 6.42 Å². The molecule has 1 aromatic rings. The van der Waals surface area contributed by atoms with Gasteiger partial charge in [-0.3, -0.25) is 0 Å². The van der Waals surface area contributed by atoms with Crippen LogP contribution in [-0.2, 0) is 16.0 Å². The maximum atomic E-state index is 11.0. The molecular formula is C11H13ClO4. The molecule has 1 N–H and O–H groups in total. The van der Waals surface area contributed by atoms with E-state index in [2.05, 4.69) is 4.74 Å². The van der Waals surface area contributed by atoms with Gasteiger partial charge < -0.3 is 14.6 Å². The molecular weight excluding hydrogens is 232 g/mol. The first-order valence-corrected chi connectivity index (χ1v) is 5.05. The third-order valence-corrected chi connectivity index (χ3v) is 2.58. The number of halogens is 1. The van der Waals surface area contributed by atoms with E-state index < -0.39 is 12.1 Å². The molecule has 4 nitrogen and oxygen atoms in total. The smallest absolute Gasteiger partial charge is 0.335 e. The van der Waals surface area contributed by atoms with Gasteiger partial charge in [-0.15, -0.1) is 0 Å². The molecule has 1 unspecified atom stereocenters. The molecule has 1 atom stereocenters. The summed E-state index contributed by atoms with van der Waals surface area (Å²) in [6, 6.07) is 5.16. The lowest BCUT2D eigenvalue weighted by Gasteiger charge is -2.11. The van der Waals surface area contributed by atoms with Crippen LogP contribution >= 0.6 is 11.6 Å². The van der Waals surface area contributed by atoms with E-state index in [0.717, 1.165) is 0 Å². The second kappa shape index (κ2) is 5.72. The van der Waals surface area contributed by atoms with Crippen molar-refractivity contribution in [3.05, 3.63) is 28.8 Å². The number of carbonyl (C=O) groups is 1. The summed E-state index contributed by atoms with van der Waals surface area (Å²) < 4.78 is 9.44. The summed E-state index contributed by atoms with van der Waals surface area (Å²) in [5.74, 6) is -0.171. The van der Waals surface area contributed by atoms with Gasteiger partial charge in [0.1, 0.15) is 5.75 Å². The number of rotatable bonds is 4. The van der Waals surface area contributed by atoms with E-state index in [9.17, 15) is 9.90 Å². The molecule has 0 aliphatic heterocycles. The van der Waals surface area contributed by atoms with Crippen molar-refractivity contribution >= 4 is 17.6 Å². The minimum absolute atomic E-state index is 0.0999. The SMILES string of the molecule is COC(=O)C(O)Cc1cccc(OC)c1Cl. The highest BCUT2D eigenvalue weighted by Gasteiger charge is 2.18. The fourth-order valence-corrected chi connectivity index (χ4v) is 1.58. The molecule has 0 aliphatic rings. The van der Waals surface area contributed by atoms with E-state index in [1.807, 2.05) is 0 Å². The Morgan fingerprint density at radius 1 is 1.50 bits per heavy atom. The Kier molecular flexibility index (Phi) is 4.58. The largest absolute Gasteiger partial charge is 0.495 e. The van der Waals surface area contributed by atoms with Crippen LogP contribution in [0.1, 0.15) is 5.56 Å². The number of hydrogen-bond acceptors (Lipinski definition) is 4. The van der Waals surface area contributed by atoms with E-state index in [1.165, 1.54) is 14.2 Å². The van der Waals surface area contributed by atoms with Gasteiger partial charge in [0.15, 0.2) is 6.10 Å². The lowest BCUT2D eigenvalue weighted by atomic mass is 10.1. The van der Waals surface area contributed by atoms with Gasteiger partial charge >= 0.3 is 5.97 Å². The first-order chi connectivity index (χ1) is 7.60. The Balaban J connectivity index is 2.85. The summed E-state index contributed by atoms with van der Waals surface area (Å²) in [6.45, 7) is 0. The summed E-state index contributed by atoms with van der Waals surface area (Å²) in [5, 5.41) is 9.88. The fourth-order valence-electron chi connectivity index (χ4n) is 1.30. The minimum atomic E-state index is -1.21. The van der Waals surface area contributed by atoms with Crippen LogP contribution in [0.4, 0.5) is 0 Å². The summed E-state index contributed by atoms with van der Waals surface area (Å²) in [4.78, 5) is 11.0. The molecule has 88 valence electrons. The maximum Gasteiger partial charge on any atom is 0.335 e. The van der Waals surface area contributed by atoms with Crippen LogP contribution in [0.2, 0.25) is 5.02 Å². The summed E-state index contributed by atoms with van der Waals surface area (Å²) in [6.07, 6.45) is -1.11. The van der Waals surface area contributed by atoms with Gasteiger partial charge in [-0.05, 0) is 11.6 Å². The molecule has 0 amide bonds. The van der Waals surface area contributed by atoms with E-state index in [1.54, 1.807) is 18.2 Å². The van der Waals surface area contributed by atoms with Crippen molar-refractivity contribution in [1.29, 1.82) is 0 Å². The Labute approximate surface area is 98.7 Å². The molecule has 1 aromatic carbocycles. The topological polar surface area (TPSA) is 55.8 Å². The van der Waals surface area contributed by atoms with E-state index >= 15 is 0 Å². The first-order valence-electron chi connectivity index (χ1n) is 4.67. The first kappa shape index (κ1) is 12.8. The number of benzene rings is 1. The van der Waals surface area contributed by atoms with Crippen LogP contribution in [0.3, 0.4) is 0 Å². The van der Waals surface area contributed by atoms with Crippen LogP contribution in [-0.4, -0.2) is 31.4 Å². The number of hydrogen-bond donors (Lipinski definition) is 1. The van der Waals surface area contributed by atoms with E-state index in [0.29, 0.717) is 16.3 Å². The van der Waals surface area contributed by atoms with Gasteiger partial charge in [-0.1, -0.05) is 23.7 Å². The predicted octanol–water partition coefficient (Wildman–Crippen LogP) is 1.43. The van der Waals surface area contributed by atoms with E-state index in [4.69, 9.17) is 16.3 Å². The van der Waals surface area contributed by atoms with E-state index in [-0.39, 0.29) is 6.42 Å². The van der Waals surface area contributed by atoms with Crippen molar-refractivity contribution in [2.75, 3.05) is 14.2 Å². The number of ether oxygens (including phenoxy) is 2. The van der Waals surface area contributed by atoms with Crippen molar-refractivity contribution in [1.82, 2.24) is 0 Å². The van der Waals surface area contributed by atoms with Crippen molar-refractivity contribution < 1.29 is 19.4 Å². The minimum Gasteiger partial charge on any atom is -0.495 e. The number of methoxy groups -OCH3 is 2. The molecule has 0 spiro atoms. The summed E-state index contributed by atoms with van der Waals surface area (Å²) in [7, 11) is 2.72. The fraction of sp³-hybridized carbons (Fsp3) is 0.364. The molecule has 0 saturated heterocycles. The lowest BCUT2D eigenvalue weighted by molar-refractivity contribution is -0.150. The molecule has 0 aromatic heterocycles. The van der Waals surface area contributed by atoms with Gasteiger partial charge in [-0.2, -0.15) is 0 Å². The zero-order chi connectivity index (χ0) is 12.1. The lowest BCUT2D eigenvalue weighted by Crippen LogP contribution is -2.24. The highest BCUT2D eigenvalue weighted by Crippen LogP contribution is 2.28. The number of carbonyl (C=O) groups excluding carboxylic acids is 1. The molecule has 0 fully saturated rings. The Morgan fingerprint density at radius 3 is 2.75 bits per heavy atom. The van der Waals surface area contributed by atoms with Crippen LogP contribution in [0.25, 0.3) is 0 Å². The summed E-state index contributed by atoms with van der Waals surface area (Å²) >= 11 is 6.01. The molecule has 0 saturated carbocycles. The molecule has 0 bridgehead atoms. The molecule has 0 radical (unpaired) electrons. The van der Waals surface area contributed by atoms with Crippen molar-refractivity contribution in [2.45, 2.75) is 12.5 Å². The second-order valence-corrected chi connectivity index (χ2v) is 3.55. The normalized spacial score (nSPS) is 12.0.